The summed E-state index contributed by atoms with van der Waals surface area (Å²) in [6.45, 7) is 6.65. The van der Waals surface area contributed by atoms with E-state index in [1.54, 1.807) is 61.8 Å². The lowest BCUT2D eigenvalue weighted by Gasteiger charge is -2.14. The summed E-state index contributed by atoms with van der Waals surface area (Å²) in [5.74, 6) is -1.51. The van der Waals surface area contributed by atoms with Crippen LogP contribution in [0.1, 0.15) is 42.4 Å². The number of ketones is 1. The number of aromatic nitrogens is 1. The molecule has 0 aliphatic carbocycles. The van der Waals surface area contributed by atoms with Crippen LogP contribution < -0.4 is 4.74 Å². The molecule has 1 unspecified atom stereocenters. The van der Waals surface area contributed by atoms with Crippen LogP contribution in [0, 0.1) is 6.92 Å². The lowest BCUT2D eigenvalue weighted by molar-refractivity contribution is -0.274. The monoisotopic (exact) mass is 535 g/mol. The summed E-state index contributed by atoms with van der Waals surface area (Å²) in [5, 5.41) is 10.00. The van der Waals surface area contributed by atoms with Crippen molar-refractivity contribution in [2.24, 2.45) is 0 Å². The number of alkyl halides is 3. The Morgan fingerprint density at radius 3 is 2.38 bits per heavy atom. The first-order valence-corrected chi connectivity index (χ1v) is 11.6. The van der Waals surface area contributed by atoms with E-state index in [-0.39, 0.29) is 12.3 Å². The molecule has 10 heteroatoms. The van der Waals surface area contributed by atoms with Gasteiger partial charge in [0.1, 0.15) is 5.75 Å². The Balaban J connectivity index is 2.12. The van der Waals surface area contributed by atoms with Gasteiger partial charge < -0.3 is 19.1 Å². The SMILES string of the molecule is C/C=C(\C=C(/C)OC(C)C(=O)O)Cn1c(C)c(C(=O)c2ccc(Cl)cc2)c2ccc(OC(F)(F)F)cc21. The second kappa shape index (κ2) is 11.1. The van der Waals surface area contributed by atoms with Crippen LogP contribution in [0.5, 0.6) is 5.75 Å². The molecule has 3 rings (SSSR count). The minimum Gasteiger partial charge on any atom is -0.484 e. The second-order valence-corrected chi connectivity index (χ2v) is 8.76. The van der Waals surface area contributed by atoms with Gasteiger partial charge in [0.15, 0.2) is 11.9 Å². The summed E-state index contributed by atoms with van der Waals surface area (Å²) in [4.78, 5) is 24.6. The molecule has 0 saturated heterocycles. The van der Waals surface area contributed by atoms with Crippen molar-refractivity contribution >= 4 is 34.3 Å². The number of allylic oxidation sites excluding steroid dienone is 4. The first-order chi connectivity index (χ1) is 17.3. The van der Waals surface area contributed by atoms with E-state index in [1.165, 1.54) is 25.1 Å². The molecule has 0 spiro atoms. The van der Waals surface area contributed by atoms with Gasteiger partial charge in [-0.05, 0) is 75.7 Å². The fraction of sp³-hybridized carbons (Fsp3) is 0.259. The van der Waals surface area contributed by atoms with Crippen molar-refractivity contribution in [3.05, 3.63) is 87.8 Å². The van der Waals surface area contributed by atoms with Crippen LogP contribution in [0.3, 0.4) is 0 Å². The number of halogens is 4. The van der Waals surface area contributed by atoms with Crippen molar-refractivity contribution in [2.75, 3.05) is 0 Å². The summed E-state index contributed by atoms with van der Waals surface area (Å²) in [6.07, 6.45) is -2.54. The summed E-state index contributed by atoms with van der Waals surface area (Å²) >= 11 is 5.95. The smallest absolute Gasteiger partial charge is 0.484 e. The molecule has 0 radical (unpaired) electrons. The Kier molecular flexibility index (Phi) is 8.38. The van der Waals surface area contributed by atoms with Gasteiger partial charge in [-0.1, -0.05) is 17.7 Å². The van der Waals surface area contributed by atoms with Crippen molar-refractivity contribution in [2.45, 2.75) is 46.7 Å². The third kappa shape index (κ3) is 6.74. The number of nitrogens with zero attached hydrogens (tertiary/aromatic N) is 1. The molecule has 0 saturated carbocycles. The molecule has 1 atom stereocenters. The lowest BCUT2D eigenvalue weighted by Crippen LogP contribution is -2.19. The number of benzene rings is 2. The average Bonchev–Trinajstić information content (AvgIpc) is 3.07. The highest BCUT2D eigenvalue weighted by atomic mass is 35.5. The number of carbonyl (C=O) groups excluding carboxylic acids is 1. The zero-order valence-electron chi connectivity index (χ0n) is 20.5. The first kappa shape index (κ1) is 27.9. The van der Waals surface area contributed by atoms with E-state index >= 15 is 0 Å². The Labute approximate surface area is 216 Å². The van der Waals surface area contributed by atoms with E-state index in [1.807, 2.05) is 0 Å². The highest BCUT2D eigenvalue weighted by molar-refractivity contribution is 6.30. The van der Waals surface area contributed by atoms with Gasteiger partial charge in [0.25, 0.3) is 0 Å². The van der Waals surface area contributed by atoms with Gasteiger partial charge in [0.05, 0.1) is 16.8 Å². The fourth-order valence-electron chi connectivity index (χ4n) is 3.92. The maximum absolute atomic E-state index is 13.5. The Morgan fingerprint density at radius 1 is 1.16 bits per heavy atom. The predicted molar refractivity (Wildman–Crippen MR) is 134 cm³/mol. The molecule has 0 amide bonds. The minimum absolute atomic E-state index is 0.171. The number of hydrogen-bond donors (Lipinski definition) is 1. The summed E-state index contributed by atoms with van der Waals surface area (Å²) < 4.78 is 49.9. The van der Waals surface area contributed by atoms with E-state index in [4.69, 9.17) is 21.4 Å². The summed E-state index contributed by atoms with van der Waals surface area (Å²) in [5.41, 5.74) is 2.29. The number of hydrogen-bond acceptors (Lipinski definition) is 4. The zero-order valence-corrected chi connectivity index (χ0v) is 21.3. The molecule has 6 nitrogen and oxygen atoms in total. The highest BCUT2D eigenvalue weighted by Gasteiger charge is 2.32. The van der Waals surface area contributed by atoms with E-state index in [9.17, 15) is 22.8 Å². The average molecular weight is 536 g/mol. The normalized spacial score (nSPS) is 13.5. The first-order valence-electron chi connectivity index (χ1n) is 11.2. The van der Waals surface area contributed by atoms with E-state index < -0.39 is 24.2 Å². The second-order valence-electron chi connectivity index (χ2n) is 8.33. The van der Waals surface area contributed by atoms with Crippen molar-refractivity contribution in [3.63, 3.8) is 0 Å². The Morgan fingerprint density at radius 2 is 1.81 bits per heavy atom. The van der Waals surface area contributed by atoms with Crippen molar-refractivity contribution < 1.29 is 37.3 Å². The molecule has 1 N–H and O–H groups in total. The van der Waals surface area contributed by atoms with Crippen molar-refractivity contribution in [3.8, 4) is 5.75 Å². The zero-order chi connectivity index (χ0) is 27.5. The van der Waals surface area contributed by atoms with Gasteiger partial charge in [0, 0.05) is 34.3 Å². The van der Waals surface area contributed by atoms with Gasteiger partial charge in [-0.2, -0.15) is 0 Å². The van der Waals surface area contributed by atoms with Gasteiger partial charge in [0.2, 0.25) is 0 Å². The molecule has 196 valence electrons. The Bertz CT molecular complexity index is 1390. The van der Waals surface area contributed by atoms with E-state index in [2.05, 4.69) is 4.74 Å². The molecular weight excluding hydrogens is 511 g/mol. The number of carbonyl (C=O) groups is 2. The molecule has 0 fully saturated rings. The maximum atomic E-state index is 13.5. The van der Waals surface area contributed by atoms with E-state index in [0.717, 1.165) is 0 Å². The molecule has 0 aliphatic heterocycles. The van der Waals surface area contributed by atoms with Crippen LogP contribution in [-0.2, 0) is 16.1 Å². The number of rotatable bonds is 9. The van der Waals surface area contributed by atoms with Gasteiger partial charge in [-0.3, -0.25) is 4.79 Å². The molecule has 1 aromatic heterocycles. The minimum atomic E-state index is -4.88. The number of aliphatic carboxylic acids is 1. The third-order valence-electron chi connectivity index (χ3n) is 5.67. The van der Waals surface area contributed by atoms with Crippen LogP contribution in [0.4, 0.5) is 13.2 Å². The molecule has 2 aromatic carbocycles. The van der Waals surface area contributed by atoms with Gasteiger partial charge in [-0.15, -0.1) is 13.2 Å². The van der Waals surface area contributed by atoms with Crippen molar-refractivity contribution in [1.29, 1.82) is 0 Å². The molecule has 0 aliphatic rings. The van der Waals surface area contributed by atoms with Gasteiger partial charge >= 0.3 is 12.3 Å². The summed E-state index contributed by atoms with van der Waals surface area (Å²) in [6, 6.07) is 10.2. The summed E-state index contributed by atoms with van der Waals surface area (Å²) in [7, 11) is 0. The quantitative estimate of drug-likeness (QED) is 0.180. The highest BCUT2D eigenvalue weighted by Crippen LogP contribution is 2.34. The number of fused-ring (bicyclic) bond motifs is 1. The van der Waals surface area contributed by atoms with Crippen LogP contribution >= 0.6 is 11.6 Å². The van der Waals surface area contributed by atoms with Crippen molar-refractivity contribution in [1.82, 2.24) is 4.57 Å². The number of ether oxygens (including phenoxy) is 2. The van der Waals surface area contributed by atoms with Gasteiger partial charge in [-0.25, -0.2) is 4.79 Å². The molecule has 0 bridgehead atoms. The van der Waals surface area contributed by atoms with E-state index in [0.29, 0.717) is 44.1 Å². The maximum Gasteiger partial charge on any atom is 0.573 e. The molecular formula is C27H25ClF3NO5. The van der Waals surface area contributed by atoms with Crippen LogP contribution in [0.15, 0.2) is 65.9 Å². The molecule has 1 heterocycles. The van der Waals surface area contributed by atoms with Crippen LogP contribution in [0.25, 0.3) is 10.9 Å². The topological polar surface area (TPSA) is 77.8 Å². The lowest BCUT2D eigenvalue weighted by atomic mass is 10.0. The number of carboxylic acids is 1. The standard InChI is InChI=1S/C27H25ClF3NO5/c1-5-18(12-15(2)36-17(4)26(34)35)14-32-16(3)24(25(33)19-6-8-20(28)9-7-19)22-11-10-21(13-23(22)32)37-27(29,30)31/h5-13,17H,14H2,1-4H3,(H,34,35)/b15-12+,18-5+. The largest absolute Gasteiger partial charge is 0.573 e. The fourth-order valence-corrected chi connectivity index (χ4v) is 4.04. The predicted octanol–water partition coefficient (Wildman–Crippen LogP) is 7.07. The number of carboxylic acid groups (broad SMARTS) is 1. The molecule has 37 heavy (non-hydrogen) atoms. The van der Waals surface area contributed by atoms with Crippen LogP contribution in [0.2, 0.25) is 5.02 Å². The third-order valence-corrected chi connectivity index (χ3v) is 5.93. The van der Waals surface area contributed by atoms with Crippen LogP contribution in [-0.4, -0.2) is 33.9 Å². The Hall–Kier alpha value is -3.72. The molecule has 3 aromatic rings.